The SMILES string of the molecule is CCC1=C(OC)C(CC)(CC)C(=O)C(C(=O)/C=C/c2ccccc2)=C1O. The van der Waals surface area contributed by atoms with Crippen LogP contribution in [0.5, 0.6) is 0 Å². The number of ether oxygens (including phenoxy) is 1. The van der Waals surface area contributed by atoms with Gasteiger partial charge < -0.3 is 9.84 Å². The molecule has 138 valence electrons. The Hall–Kier alpha value is -2.62. The van der Waals surface area contributed by atoms with Gasteiger partial charge in [-0.2, -0.15) is 0 Å². The lowest BCUT2D eigenvalue weighted by Crippen LogP contribution is -2.40. The third-order valence-corrected chi connectivity index (χ3v) is 5.13. The molecule has 1 N–H and O–H groups in total. The van der Waals surface area contributed by atoms with E-state index in [4.69, 9.17) is 4.74 Å². The first-order chi connectivity index (χ1) is 12.5. The van der Waals surface area contributed by atoms with Crippen molar-refractivity contribution < 1.29 is 19.4 Å². The van der Waals surface area contributed by atoms with Crippen LogP contribution < -0.4 is 0 Å². The molecule has 1 aromatic carbocycles. The fourth-order valence-corrected chi connectivity index (χ4v) is 3.58. The van der Waals surface area contributed by atoms with E-state index in [9.17, 15) is 14.7 Å². The summed E-state index contributed by atoms with van der Waals surface area (Å²) in [5, 5.41) is 10.7. The van der Waals surface area contributed by atoms with Crippen LogP contribution in [0.1, 0.15) is 45.6 Å². The van der Waals surface area contributed by atoms with Gasteiger partial charge in [-0.1, -0.05) is 57.2 Å². The molecule has 0 radical (unpaired) electrons. The van der Waals surface area contributed by atoms with Crippen molar-refractivity contribution in [1.82, 2.24) is 0 Å². The Bertz CT molecular complexity index is 778. The number of rotatable bonds is 7. The number of methoxy groups -OCH3 is 1. The van der Waals surface area contributed by atoms with Crippen molar-refractivity contribution in [2.24, 2.45) is 5.41 Å². The third kappa shape index (κ3) is 3.24. The van der Waals surface area contributed by atoms with Gasteiger partial charge in [0.05, 0.1) is 12.5 Å². The molecule has 0 fully saturated rings. The standard InChI is InChI=1S/C22H26O4/c1-5-16-19(24)18(17(23)14-13-15-11-9-8-10-12-15)20(25)22(6-2,7-3)21(16)26-4/h8-14,24H,5-7H2,1-4H3/b14-13+. The minimum absolute atomic E-state index is 0.140. The minimum Gasteiger partial charge on any atom is -0.507 e. The monoisotopic (exact) mass is 354 g/mol. The number of Topliss-reactive ketones (excluding diaryl/α,β-unsaturated/α-hetero) is 1. The summed E-state index contributed by atoms with van der Waals surface area (Å²) in [6.45, 7) is 5.67. The van der Waals surface area contributed by atoms with Crippen LogP contribution in [-0.2, 0) is 14.3 Å². The molecule has 1 aliphatic rings. The molecule has 0 atom stereocenters. The van der Waals surface area contributed by atoms with E-state index in [1.807, 2.05) is 51.1 Å². The van der Waals surface area contributed by atoms with Crippen molar-refractivity contribution in [2.75, 3.05) is 7.11 Å². The van der Waals surface area contributed by atoms with Gasteiger partial charge in [0.25, 0.3) is 0 Å². The fraction of sp³-hybridized carbons (Fsp3) is 0.364. The van der Waals surface area contributed by atoms with E-state index in [0.29, 0.717) is 30.6 Å². The summed E-state index contributed by atoms with van der Waals surface area (Å²) >= 11 is 0. The maximum Gasteiger partial charge on any atom is 0.193 e. The number of hydrogen-bond acceptors (Lipinski definition) is 4. The quantitative estimate of drug-likeness (QED) is 0.565. The molecule has 0 spiro atoms. The summed E-state index contributed by atoms with van der Waals surface area (Å²) in [7, 11) is 1.51. The molecule has 4 heteroatoms. The lowest BCUT2D eigenvalue weighted by Gasteiger charge is -2.37. The van der Waals surface area contributed by atoms with Gasteiger partial charge in [0.1, 0.15) is 17.1 Å². The van der Waals surface area contributed by atoms with Crippen LogP contribution in [0.2, 0.25) is 0 Å². The van der Waals surface area contributed by atoms with Crippen LogP contribution >= 0.6 is 0 Å². The fourth-order valence-electron chi connectivity index (χ4n) is 3.58. The zero-order valence-corrected chi connectivity index (χ0v) is 15.8. The number of hydrogen-bond donors (Lipinski definition) is 1. The second-order valence-electron chi connectivity index (χ2n) is 6.32. The van der Waals surface area contributed by atoms with Gasteiger partial charge in [0, 0.05) is 5.57 Å². The van der Waals surface area contributed by atoms with E-state index in [2.05, 4.69) is 0 Å². The molecule has 0 aliphatic heterocycles. The molecule has 0 bridgehead atoms. The maximum atomic E-state index is 13.2. The van der Waals surface area contributed by atoms with Gasteiger partial charge in [-0.15, -0.1) is 0 Å². The summed E-state index contributed by atoms with van der Waals surface area (Å²) in [6, 6.07) is 9.36. The highest BCUT2D eigenvalue weighted by molar-refractivity contribution is 6.28. The molecule has 4 nitrogen and oxygen atoms in total. The largest absolute Gasteiger partial charge is 0.507 e. The maximum absolute atomic E-state index is 13.2. The second kappa shape index (κ2) is 8.17. The molecule has 1 aliphatic carbocycles. The zero-order valence-electron chi connectivity index (χ0n) is 15.8. The smallest absolute Gasteiger partial charge is 0.193 e. The number of aliphatic hydroxyl groups excluding tert-OH is 1. The Balaban J connectivity index is 2.55. The van der Waals surface area contributed by atoms with Gasteiger partial charge in [-0.05, 0) is 30.9 Å². The van der Waals surface area contributed by atoms with Crippen LogP contribution in [-0.4, -0.2) is 23.8 Å². The lowest BCUT2D eigenvalue weighted by atomic mass is 9.68. The van der Waals surface area contributed by atoms with Crippen molar-refractivity contribution in [1.29, 1.82) is 0 Å². The van der Waals surface area contributed by atoms with E-state index in [-0.39, 0.29) is 17.1 Å². The summed E-state index contributed by atoms with van der Waals surface area (Å²) in [5.41, 5.74) is 0.342. The van der Waals surface area contributed by atoms with Gasteiger partial charge in [-0.25, -0.2) is 0 Å². The van der Waals surface area contributed by atoms with E-state index in [1.165, 1.54) is 13.2 Å². The predicted molar refractivity (Wildman–Crippen MR) is 102 cm³/mol. The van der Waals surface area contributed by atoms with Gasteiger partial charge in [0.2, 0.25) is 0 Å². The molecule has 0 saturated carbocycles. The van der Waals surface area contributed by atoms with Crippen LogP contribution in [0.25, 0.3) is 6.08 Å². The highest BCUT2D eigenvalue weighted by Crippen LogP contribution is 2.46. The second-order valence-corrected chi connectivity index (χ2v) is 6.32. The van der Waals surface area contributed by atoms with Crippen LogP contribution in [0.4, 0.5) is 0 Å². The number of carbonyl (C=O) groups is 2. The molecule has 0 heterocycles. The average Bonchev–Trinajstić information content (AvgIpc) is 2.67. The Morgan fingerprint density at radius 3 is 2.27 bits per heavy atom. The highest BCUT2D eigenvalue weighted by atomic mass is 16.5. The highest BCUT2D eigenvalue weighted by Gasteiger charge is 2.49. The van der Waals surface area contributed by atoms with Gasteiger partial charge >= 0.3 is 0 Å². The molecule has 26 heavy (non-hydrogen) atoms. The molecular formula is C22H26O4. The van der Waals surface area contributed by atoms with E-state index >= 15 is 0 Å². The average molecular weight is 354 g/mol. The van der Waals surface area contributed by atoms with Gasteiger partial charge in [-0.3, -0.25) is 9.59 Å². The summed E-state index contributed by atoms with van der Waals surface area (Å²) in [6.07, 6.45) is 4.47. The van der Waals surface area contributed by atoms with E-state index in [1.54, 1.807) is 6.08 Å². The van der Waals surface area contributed by atoms with Crippen molar-refractivity contribution in [3.63, 3.8) is 0 Å². The minimum atomic E-state index is -0.905. The van der Waals surface area contributed by atoms with Gasteiger partial charge in [0.15, 0.2) is 11.6 Å². The van der Waals surface area contributed by atoms with Crippen LogP contribution in [0.3, 0.4) is 0 Å². The van der Waals surface area contributed by atoms with Crippen molar-refractivity contribution in [3.05, 3.63) is 64.6 Å². The van der Waals surface area contributed by atoms with E-state index in [0.717, 1.165) is 5.56 Å². The topological polar surface area (TPSA) is 63.6 Å². The van der Waals surface area contributed by atoms with Crippen molar-refractivity contribution >= 4 is 17.6 Å². The molecule has 1 aromatic rings. The number of carbonyl (C=O) groups excluding carboxylic acids is 2. The summed E-state index contributed by atoms with van der Waals surface area (Å²) in [4.78, 5) is 26.0. The first-order valence-corrected chi connectivity index (χ1v) is 9.00. The molecule has 0 saturated heterocycles. The first kappa shape index (κ1) is 19.7. The molecule has 0 unspecified atom stereocenters. The molecule has 0 amide bonds. The Morgan fingerprint density at radius 1 is 1.15 bits per heavy atom. The Kier molecular flexibility index (Phi) is 6.19. The number of aliphatic hydroxyl groups is 1. The summed E-state index contributed by atoms with van der Waals surface area (Å²) < 4.78 is 5.53. The number of allylic oxidation sites excluding steroid dienone is 4. The number of benzene rings is 1. The van der Waals surface area contributed by atoms with Crippen molar-refractivity contribution in [2.45, 2.75) is 40.0 Å². The molecule has 0 aromatic heterocycles. The zero-order chi connectivity index (χ0) is 19.3. The normalized spacial score (nSPS) is 17.2. The Morgan fingerprint density at radius 2 is 1.77 bits per heavy atom. The van der Waals surface area contributed by atoms with Crippen molar-refractivity contribution in [3.8, 4) is 0 Å². The molecular weight excluding hydrogens is 328 g/mol. The van der Waals surface area contributed by atoms with Crippen LogP contribution in [0, 0.1) is 5.41 Å². The summed E-state index contributed by atoms with van der Waals surface area (Å²) in [5.74, 6) is -0.619. The Labute approximate surface area is 154 Å². The van der Waals surface area contributed by atoms with E-state index < -0.39 is 11.2 Å². The predicted octanol–water partition coefficient (Wildman–Crippen LogP) is 4.78. The third-order valence-electron chi connectivity index (χ3n) is 5.13. The lowest BCUT2D eigenvalue weighted by molar-refractivity contribution is -0.128. The first-order valence-electron chi connectivity index (χ1n) is 9.00. The molecule has 2 rings (SSSR count). The number of ketones is 2. The van der Waals surface area contributed by atoms with Crippen LogP contribution in [0.15, 0.2) is 59.1 Å².